The molecule has 2 aromatic heterocycles. The first kappa shape index (κ1) is 11.0. The molecule has 0 spiro atoms. The van der Waals surface area contributed by atoms with Gasteiger partial charge in [0.15, 0.2) is 0 Å². The number of aromatic amines is 1. The molecule has 0 radical (unpaired) electrons. The van der Waals surface area contributed by atoms with Crippen molar-refractivity contribution < 1.29 is 4.42 Å². The quantitative estimate of drug-likeness (QED) is 0.724. The van der Waals surface area contributed by atoms with Crippen molar-refractivity contribution in [1.29, 1.82) is 0 Å². The van der Waals surface area contributed by atoms with Crippen LogP contribution < -0.4 is 5.73 Å². The summed E-state index contributed by atoms with van der Waals surface area (Å²) in [5.74, 6) is 1.33. The minimum absolute atomic E-state index is 0.143. The topological polar surface area (TPSA) is 67.8 Å². The summed E-state index contributed by atoms with van der Waals surface area (Å²) < 4.78 is 5.72. The van der Waals surface area contributed by atoms with Crippen molar-refractivity contribution >= 4 is 10.9 Å². The summed E-state index contributed by atoms with van der Waals surface area (Å²) in [5, 5.41) is 1.14. The lowest BCUT2D eigenvalue weighted by Crippen LogP contribution is -2.04. The zero-order valence-corrected chi connectivity index (χ0v) is 10.4. The van der Waals surface area contributed by atoms with Crippen molar-refractivity contribution in [3.05, 3.63) is 41.8 Å². The second-order valence-electron chi connectivity index (χ2n) is 4.53. The van der Waals surface area contributed by atoms with Crippen molar-refractivity contribution in [2.75, 3.05) is 0 Å². The summed E-state index contributed by atoms with van der Waals surface area (Å²) >= 11 is 0. The van der Waals surface area contributed by atoms with Gasteiger partial charge < -0.3 is 15.1 Å². The van der Waals surface area contributed by atoms with E-state index in [1.165, 1.54) is 0 Å². The van der Waals surface area contributed by atoms with E-state index in [2.05, 4.69) is 16.0 Å². The molecule has 3 aromatic rings. The highest BCUT2D eigenvalue weighted by molar-refractivity contribution is 5.84. The average molecular weight is 241 g/mol. The van der Waals surface area contributed by atoms with Gasteiger partial charge in [-0.2, -0.15) is 0 Å². The number of nitrogens with one attached hydrogen (secondary N) is 1. The minimum Gasteiger partial charge on any atom is -0.438 e. The van der Waals surface area contributed by atoms with E-state index in [9.17, 15) is 0 Å². The highest BCUT2D eigenvalue weighted by atomic mass is 16.4. The fourth-order valence-corrected chi connectivity index (χ4v) is 2.13. The summed E-state index contributed by atoms with van der Waals surface area (Å²) in [7, 11) is 0. The van der Waals surface area contributed by atoms with Gasteiger partial charge in [-0.1, -0.05) is 18.2 Å². The molecule has 0 aliphatic rings. The zero-order chi connectivity index (χ0) is 12.7. The number of hydrogen-bond acceptors (Lipinski definition) is 3. The number of H-pyrrole nitrogens is 1. The monoisotopic (exact) mass is 241 g/mol. The van der Waals surface area contributed by atoms with E-state index in [0.717, 1.165) is 28.1 Å². The van der Waals surface area contributed by atoms with Crippen molar-refractivity contribution in [2.24, 2.45) is 5.73 Å². The van der Waals surface area contributed by atoms with Gasteiger partial charge in [-0.05, 0) is 26.0 Å². The van der Waals surface area contributed by atoms with Crippen LogP contribution in [-0.4, -0.2) is 9.97 Å². The second-order valence-corrected chi connectivity index (χ2v) is 4.53. The number of rotatable bonds is 2. The predicted molar refractivity (Wildman–Crippen MR) is 71.1 cm³/mol. The summed E-state index contributed by atoms with van der Waals surface area (Å²) in [4.78, 5) is 7.71. The summed E-state index contributed by atoms with van der Waals surface area (Å²) in [6.45, 7) is 3.80. The maximum Gasteiger partial charge on any atom is 0.243 e. The Kier molecular flexibility index (Phi) is 2.45. The zero-order valence-electron chi connectivity index (χ0n) is 10.4. The number of aryl methyl sites for hydroxylation is 1. The number of fused-ring (bicyclic) bond motifs is 1. The first-order valence-electron chi connectivity index (χ1n) is 5.96. The van der Waals surface area contributed by atoms with E-state index in [4.69, 9.17) is 10.2 Å². The van der Waals surface area contributed by atoms with E-state index in [0.29, 0.717) is 5.89 Å². The van der Waals surface area contributed by atoms with Crippen molar-refractivity contribution in [3.8, 4) is 11.6 Å². The SMILES string of the molecule is Cc1nc(-c2cc3ccccc3[nH]2)oc1C(C)N. The Hall–Kier alpha value is -2.07. The lowest BCUT2D eigenvalue weighted by Gasteiger charge is -1.98. The van der Waals surface area contributed by atoms with Crippen LogP contribution in [0, 0.1) is 6.92 Å². The van der Waals surface area contributed by atoms with Gasteiger partial charge in [0, 0.05) is 10.9 Å². The molecule has 3 N–H and O–H groups in total. The Morgan fingerprint density at radius 3 is 2.78 bits per heavy atom. The highest BCUT2D eigenvalue weighted by Gasteiger charge is 2.15. The molecule has 4 heteroatoms. The van der Waals surface area contributed by atoms with Crippen LogP contribution >= 0.6 is 0 Å². The van der Waals surface area contributed by atoms with Gasteiger partial charge >= 0.3 is 0 Å². The molecule has 0 fully saturated rings. The Labute approximate surface area is 105 Å². The molecular formula is C14H15N3O. The van der Waals surface area contributed by atoms with Crippen molar-refractivity contribution in [3.63, 3.8) is 0 Å². The Morgan fingerprint density at radius 1 is 1.33 bits per heavy atom. The fourth-order valence-electron chi connectivity index (χ4n) is 2.13. The summed E-state index contributed by atoms with van der Waals surface area (Å²) in [5.41, 5.74) is 8.64. The third-order valence-electron chi connectivity index (χ3n) is 3.01. The molecule has 0 saturated heterocycles. The van der Waals surface area contributed by atoms with Crippen LogP contribution in [0.1, 0.15) is 24.4 Å². The molecule has 1 atom stereocenters. The molecule has 2 heterocycles. The predicted octanol–water partition coefficient (Wildman–Crippen LogP) is 3.15. The molecule has 1 aromatic carbocycles. The number of benzene rings is 1. The van der Waals surface area contributed by atoms with E-state index >= 15 is 0 Å². The molecule has 0 aliphatic heterocycles. The van der Waals surface area contributed by atoms with Gasteiger partial charge in [0.05, 0.1) is 11.7 Å². The van der Waals surface area contributed by atoms with Crippen LogP contribution in [0.4, 0.5) is 0 Å². The molecule has 0 bridgehead atoms. The molecule has 0 amide bonds. The Balaban J connectivity index is 2.11. The third kappa shape index (κ3) is 1.71. The second kappa shape index (κ2) is 3.99. The van der Waals surface area contributed by atoms with E-state index in [1.807, 2.05) is 38.1 Å². The summed E-state index contributed by atoms with van der Waals surface area (Å²) in [6, 6.07) is 9.98. The maximum absolute atomic E-state index is 5.84. The Bertz CT molecular complexity index is 661. The molecule has 0 saturated carbocycles. The first-order chi connectivity index (χ1) is 8.65. The average Bonchev–Trinajstić information content (AvgIpc) is 2.91. The third-order valence-corrected chi connectivity index (χ3v) is 3.01. The van der Waals surface area contributed by atoms with E-state index < -0.39 is 0 Å². The van der Waals surface area contributed by atoms with Crippen LogP contribution in [0.5, 0.6) is 0 Å². The molecule has 3 rings (SSSR count). The molecule has 4 nitrogen and oxygen atoms in total. The Morgan fingerprint density at radius 2 is 2.11 bits per heavy atom. The lowest BCUT2D eigenvalue weighted by atomic mass is 10.2. The van der Waals surface area contributed by atoms with E-state index in [-0.39, 0.29) is 6.04 Å². The summed E-state index contributed by atoms with van der Waals surface area (Å²) in [6.07, 6.45) is 0. The normalized spacial score (nSPS) is 13.1. The number of hydrogen-bond donors (Lipinski definition) is 2. The number of nitrogens with two attached hydrogens (primary N) is 1. The van der Waals surface area contributed by atoms with Crippen LogP contribution in [0.2, 0.25) is 0 Å². The number of para-hydroxylation sites is 1. The standard InChI is InChI=1S/C14H15N3O/c1-8(15)13-9(2)16-14(18-13)12-7-10-5-3-4-6-11(10)17-12/h3-8,17H,15H2,1-2H3. The van der Waals surface area contributed by atoms with Gasteiger partial charge in [-0.25, -0.2) is 4.98 Å². The number of nitrogens with zero attached hydrogens (tertiary/aromatic N) is 1. The molecule has 1 unspecified atom stereocenters. The first-order valence-corrected chi connectivity index (χ1v) is 5.96. The van der Waals surface area contributed by atoms with Crippen molar-refractivity contribution in [1.82, 2.24) is 9.97 Å². The molecule has 0 aliphatic carbocycles. The van der Waals surface area contributed by atoms with Gasteiger partial charge in [0.25, 0.3) is 0 Å². The molecule has 92 valence electrons. The van der Waals surface area contributed by atoms with E-state index in [1.54, 1.807) is 0 Å². The van der Waals surface area contributed by atoms with Crippen molar-refractivity contribution in [2.45, 2.75) is 19.9 Å². The number of oxazole rings is 1. The minimum atomic E-state index is -0.143. The molecule has 18 heavy (non-hydrogen) atoms. The van der Waals surface area contributed by atoms with Gasteiger partial charge in [0.2, 0.25) is 5.89 Å². The number of aromatic nitrogens is 2. The van der Waals surface area contributed by atoms with Gasteiger partial charge in [0.1, 0.15) is 11.5 Å². The maximum atomic E-state index is 5.84. The van der Waals surface area contributed by atoms with Crippen LogP contribution in [-0.2, 0) is 0 Å². The van der Waals surface area contributed by atoms with Crippen LogP contribution in [0.3, 0.4) is 0 Å². The lowest BCUT2D eigenvalue weighted by molar-refractivity contribution is 0.484. The van der Waals surface area contributed by atoms with Gasteiger partial charge in [-0.15, -0.1) is 0 Å². The van der Waals surface area contributed by atoms with Crippen LogP contribution in [0.25, 0.3) is 22.5 Å². The highest BCUT2D eigenvalue weighted by Crippen LogP contribution is 2.27. The smallest absolute Gasteiger partial charge is 0.243 e. The van der Waals surface area contributed by atoms with Gasteiger partial charge in [-0.3, -0.25) is 0 Å². The molecular weight excluding hydrogens is 226 g/mol. The van der Waals surface area contributed by atoms with Crippen LogP contribution in [0.15, 0.2) is 34.7 Å². The fraction of sp³-hybridized carbons (Fsp3) is 0.214. The largest absolute Gasteiger partial charge is 0.438 e.